The third-order valence-corrected chi connectivity index (χ3v) is 2.50. The SMILES string of the molecule is CNc1ccc(C(=O)N(C)CC(F)F)c(C)c1. The number of carbonyl (C=O) groups is 1. The summed E-state index contributed by atoms with van der Waals surface area (Å²) < 4.78 is 24.4. The average molecular weight is 242 g/mol. The summed E-state index contributed by atoms with van der Waals surface area (Å²) in [5.74, 6) is -0.384. The van der Waals surface area contributed by atoms with Gasteiger partial charge in [0.05, 0.1) is 6.54 Å². The second kappa shape index (κ2) is 5.61. The van der Waals surface area contributed by atoms with E-state index < -0.39 is 13.0 Å². The summed E-state index contributed by atoms with van der Waals surface area (Å²) in [5.41, 5.74) is 2.10. The number of halogens is 2. The van der Waals surface area contributed by atoms with Crippen LogP contribution in [0.15, 0.2) is 18.2 Å². The molecule has 0 spiro atoms. The van der Waals surface area contributed by atoms with Crippen molar-refractivity contribution in [2.75, 3.05) is 26.0 Å². The molecule has 0 saturated carbocycles. The predicted octanol–water partition coefficient (Wildman–Crippen LogP) is 2.37. The highest BCUT2D eigenvalue weighted by Gasteiger charge is 2.17. The lowest BCUT2D eigenvalue weighted by Gasteiger charge is -2.18. The van der Waals surface area contributed by atoms with Crippen LogP contribution < -0.4 is 5.32 Å². The zero-order chi connectivity index (χ0) is 13.0. The van der Waals surface area contributed by atoms with E-state index in [1.165, 1.54) is 7.05 Å². The van der Waals surface area contributed by atoms with Gasteiger partial charge in [0.25, 0.3) is 12.3 Å². The number of alkyl halides is 2. The van der Waals surface area contributed by atoms with Gasteiger partial charge in [-0.05, 0) is 30.7 Å². The summed E-state index contributed by atoms with van der Waals surface area (Å²) in [5, 5.41) is 2.95. The van der Waals surface area contributed by atoms with Crippen LogP contribution in [0, 0.1) is 6.92 Å². The number of carbonyl (C=O) groups excluding carboxylic acids is 1. The predicted molar refractivity (Wildman–Crippen MR) is 63.7 cm³/mol. The Hall–Kier alpha value is -1.65. The number of anilines is 1. The maximum atomic E-state index is 12.2. The Balaban J connectivity index is 2.89. The molecule has 0 bridgehead atoms. The Bertz CT molecular complexity index is 407. The maximum Gasteiger partial charge on any atom is 0.255 e. The second-order valence-corrected chi connectivity index (χ2v) is 3.86. The van der Waals surface area contributed by atoms with Crippen molar-refractivity contribution < 1.29 is 13.6 Å². The molecule has 0 unspecified atom stereocenters. The van der Waals surface area contributed by atoms with Gasteiger partial charge >= 0.3 is 0 Å². The largest absolute Gasteiger partial charge is 0.388 e. The number of hydrogen-bond donors (Lipinski definition) is 1. The van der Waals surface area contributed by atoms with Crippen molar-refractivity contribution in [3.05, 3.63) is 29.3 Å². The van der Waals surface area contributed by atoms with Gasteiger partial charge in [0.15, 0.2) is 0 Å². The standard InChI is InChI=1S/C12H16F2N2O/c1-8-6-9(15-2)4-5-10(8)12(17)16(3)7-11(13)14/h4-6,11,15H,7H2,1-3H3. The van der Waals surface area contributed by atoms with Gasteiger partial charge in [-0.15, -0.1) is 0 Å². The van der Waals surface area contributed by atoms with E-state index >= 15 is 0 Å². The summed E-state index contributed by atoms with van der Waals surface area (Å²) in [6.45, 7) is 1.23. The third-order valence-electron chi connectivity index (χ3n) is 2.50. The number of amides is 1. The van der Waals surface area contributed by atoms with Gasteiger partial charge in [-0.3, -0.25) is 4.79 Å². The van der Waals surface area contributed by atoms with Crippen LogP contribution in [0.3, 0.4) is 0 Å². The van der Waals surface area contributed by atoms with E-state index in [1.54, 1.807) is 26.1 Å². The molecule has 0 atom stereocenters. The summed E-state index contributed by atoms with van der Waals surface area (Å²) in [4.78, 5) is 12.9. The zero-order valence-electron chi connectivity index (χ0n) is 10.1. The van der Waals surface area contributed by atoms with Crippen molar-refractivity contribution in [2.24, 2.45) is 0 Å². The van der Waals surface area contributed by atoms with Gasteiger partial charge in [0.2, 0.25) is 0 Å². The van der Waals surface area contributed by atoms with E-state index in [1.807, 2.05) is 6.07 Å². The monoisotopic (exact) mass is 242 g/mol. The Morgan fingerprint density at radius 1 is 1.47 bits per heavy atom. The average Bonchev–Trinajstić information content (AvgIpc) is 2.27. The Kier molecular flexibility index (Phi) is 4.43. The van der Waals surface area contributed by atoms with Crippen LogP contribution in [0.2, 0.25) is 0 Å². The van der Waals surface area contributed by atoms with E-state index in [9.17, 15) is 13.6 Å². The fourth-order valence-corrected chi connectivity index (χ4v) is 1.55. The maximum absolute atomic E-state index is 12.2. The van der Waals surface area contributed by atoms with Gasteiger partial charge in [-0.25, -0.2) is 8.78 Å². The van der Waals surface area contributed by atoms with Crippen molar-refractivity contribution in [1.29, 1.82) is 0 Å². The Labute approximate surface area is 99.4 Å². The third kappa shape index (κ3) is 3.41. The summed E-state index contributed by atoms with van der Waals surface area (Å²) >= 11 is 0. The molecule has 5 heteroatoms. The van der Waals surface area contributed by atoms with E-state index in [2.05, 4.69) is 5.32 Å². The summed E-state index contributed by atoms with van der Waals surface area (Å²) in [6, 6.07) is 5.20. The highest BCUT2D eigenvalue weighted by atomic mass is 19.3. The molecule has 0 aliphatic rings. The van der Waals surface area contributed by atoms with E-state index in [-0.39, 0.29) is 5.91 Å². The molecular weight excluding hydrogens is 226 g/mol. The molecule has 0 heterocycles. The van der Waals surface area contributed by atoms with Gasteiger partial charge in [-0.2, -0.15) is 0 Å². The van der Waals surface area contributed by atoms with Crippen LogP contribution in [0.1, 0.15) is 15.9 Å². The lowest BCUT2D eigenvalue weighted by Crippen LogP contribution is -2.31. The smallest absolute Gasteiger partial charge is 0.255 e. The summed E-state index contributed by atoms with van der Waals surface area (Å²) in [7, 11) is 3.15. The molecular formula is C12H16F2N2O. The Morgan fingerprint density at radius 3 is 2.59 bits per heavy atom. The molecule has 1 amide bonds. The van der Waals surface area contributed by atoms with Crippen molar-refractivity contribution in [2.45, 2.75) is 13.3 Å². The van der Waals surface area contributed by atoms with Gasteiger partial charge < -0.3 is 10.2 Å². The van der Waals surface area contributed by atoms with E-state index in [4.69, 9.17) is 0 Å². The number of benzene rings is 1. The van der Waals surface area contributed by atoms with Crippen LogP contribution in [0.5, 0.6) is 0 Å². The molecule has 3 nitrogen and oxygen atoms in total. The first-order valence-corrected chi connectivity index (χ1v) is 5.27. The number of hydrogen-bond acceptors (Lipinski definition) is 2. The molecule has 0 fully saturated rings. The van der Waals surface area contributed by atoms with E-state index in [0.29, 0.717) is 5.56 Å². The first kappa shape index (κ1) is 13.4. The van der Waals surface area contributed by atoms with Crippen molar-refractivity contribution in [1.82, 2.24) is 4.90 Å². The van der Waals surface area contributed by atoms with Crippen LogP contribution in [-0.2, 0) is 0 Å². The molecule has 94 valence electrons. The Morgan fingerprint density at radius 2 is 2.12 bits per heavy atom. The minimum absolute atomic E-state index is 0.384. The molecule has 1 N–H and O–H groups in total. The molecule has 0 saturated heterocycles. The highest BCUT2D eigenvalue weighted by Crippen LogP contribution is 2.16. The van der Waals surface area contributed by atoms with Gasteiger partial charge in [-0.1, -0.05) is 0 Å². The lowest BCUT2D eigenvalue weighted by molar-refractivity contribution is 0.0619. The quantitative estimate of drug-likeness (QED) is 0.879. The molecule has 1 aromatic carbocycles. The second-order valence-electron chi connectivity index (χ2n) is 3.86. The molecule has 1 rings (SSSR count). The minimum Gasteiger partial charge on any atom is -0.388 e. The molecule has 0 aliphatic heterocycles. The number of nitrogens with one attached hydrogen (secondary N) is 1. The van der Waals surface area contributed by atoms with Crippen molar-refractivity contribution >= 4 is 11.6 Å². The van der Waals surface area contributed by atoms with Crippen LogP contribution in [0.25, 0.3) is 0 Å². The van der Waals surface area contributed by atoms with Gasteiger partial charge in [0, 0.05) is 25.3 Å². The molecule has 17 heavy (non-hydrogen) atoms. The van der Waals surface area contributed by atoms with Crippen LogP contribution in [0.4, 0.5) is 14.5 Å². The first-order valence-electron chi connectivity index (χ1n) is 5.27. The fourth-order valence-electron chi connectivity index (χ4n) is 1.55. The fraction of sp³-hybridized carbons (Fsp3) is 0.417. The van der Waals surface area contributed by atoms with Crippen molar-refractivity contribution in [3.63, 3.8) is 0 Å². The molecule has 1 aromatic rings. The zero-order valence-corrected chi connectivity index (χ0v) is 10.1. The number of aryl methyl sites for hydroxylation is 1. The lowest BCUT2D eigenvalue weighted by atomic mass is 10.1. The normalized spacial score (nSPS) is 10.5. The number of nitrogens with zero attached hydrogens (tertiary/aromatic N) is 1. The topological polar surface area (TPSA) is 32.3 Å². The first-order chi connectivity index (χ1) is 7.95. The van der Waals surface area contributed by atoms with E-state index in [0.717, 1.165) is 16.2 Å². The van der Waals surface area contributed by atoms with Crippen LogP contribution >= 0.6 is 0 Å². The molecule has 0 aromatic heterocycles. The van der Waals surface area contributed by atoms with Crippen molar-refractivity contribution in [3.8, 4) is 0 Å². The highest BCUT2D eigenvalue weighted by molar-refractivity contribution is 5.95. The molecule has 0 radical (unpaired) electrons. The summed E-state index contributed by atoms with van der Waals surface area (Å²) in [6.07, 6.45) is -2.51. The molecule has 0 aliphatic carbocycles. The number of rotatable bonds is 4. The minimum atomic E-state index is -2.51. The van der Waals surface area contributed by atoms with Crippen LogP contribution in [-0.4, -0.2) is 37.9 Å². The van der Waals surface area contributed by atoms with Gasteiger partial charge in [0.1, 0.15) is 0 Å².